The van der Waals surface area contributed by atoms with Gasteiger partial charge in [0, 0.05) is 16.3 Å². The number of hydrogen-bond donors (Lipinski definition) is 1. The number of sulfonamides is 1. The maximum atomic E-state index is 12.4. The van der Waals surface area contributed by atoms with Crippen molar-refractivity contribution in [2.24, 2.45) is 0 Å². The fourth-order valence-electron chi connectivity index (χ4n) is 2.88. The first-order valence-electron chi connectivity index (χ1n) is 8.92. The maximum absolute atomic E-state index is 12.4. The number of amides is 1. The highest BCUT2D eigenvalue weighted by molar-refractivity contribution is 7.92. The number of carbonyl (C=O) groups is 1. The Morgan fingerprint density at radius 2 is 1.69 bits per heavy atom. The van der Waals surface area contributed by atoms with Crippen LogP contribution in [-0.2, 0) is 16.6 Å². The van der Waals surface area contributed by atoms with E-state index in [1.54, 1.807) is 48.5 Å². The number of aryl methyl sites for hydroxylation is 1. The average molecular weight is 429 g/mol. The van der Waals surface area contributed by atoms with Crippen LogP contribution in [0.25, 0.3) is 0 Å². The predicted octanol–water partition coefficient (Wildman–Crippen LogP) is 4.87. The Labute approximate surface area is 176 Å². The third-order valence-corrected chi connectivity index (χ3v) is 5.69. The number of nitrogens with zero attached hydrogens (tertiary/aromatic N) is 1. The molecule has 1 amide bonds. The van der Waals surface area contributed by atoms with Crippen molar-refractivity contribution in [1.82, 2.24) is 0 Å². The molecule has 3 aromatic rings. The van der Waals surface area contributed by atoms with E-state index < -0.39 is 10.0 Å². The van der Waals surface area contributed by atoms with Gasteiger partial charge in [0.05, 0.1) is 18.5 Å². The summed E-state index contributed by atoms with van der Waals surface area (Å²) in [6.45, 7) is 2.09. The van der Waals surface area contributed by atoms with E-state index in [1.807, 2.05) is 31.2 Å². The van der Waals surface area contributed by atoms with E-state index in [9.17, 15) is 13.2 Å². The molecule has 0 radical (unpaired) electrons. The summed E-state index contributed by atoms with van der Waals surface area (Å²) in [6.07, 6.45) is 1.15. The van der Waals surface area contributed by atoms with E-state index >= 15 is 0 Å². The highest BCUT2D eigenvalue weighted by Crippen LogP contribution is 2.24. The summed E-state index contributed by atoms with van der Waals surface area (Å²) in [5.41, 5.74) is 3.51. The van der Waals surface area contributed by atoms with Crippen LogP contribution < -0.4 is 9.62 Å². The van der Waals surface area contributed by atoms with Crippen molar-refractivity contribution in [1.29, 1.82) is 0 Å². The van der Waals surface area contributed by atoms with Crippen LogP contribution in [0.4, 0.5) is 11.4 Å². The molecule has 1 N–H and O–H groups in total. The molecule has 0 saturated heterocycles. The lowest BCUT2D eigenvalue weighted by Gasteiger charge is -2.22. The van der Waals surface area contributed by atoms with Gasteiger partial charge >= 0.3 is 0 Å². The van der Waals surface area contributed by atoms with Gasteiger partial charge in [0.25, 0.3) is 5.91 Å². The standard InChI is InChI=1S/C22H21ClN2O3S/c1-16-5-3-7-20(13-16)24-22(26)18-11-9-17(10-12-18)15-25(29(2,27)28)21-8-4-6-19(23)14-21/h3-14H,15H2,1-2H3,(H,24,26). The summed E-state index contributed by atoms with van der Waals surface area (Å²) in [7, 11) is -3.51. The van der Waals surface area contributed by atoms with Gasteiger partial charge in [-0.15, -0.1) is 0 Å². The number of halogens is 1. The van der Waals surface area contributed by atoms with Gasteiger partial charge in [-0.05, 0) is 60.5 Å². The van der Waals surface area contributed by atoms with E-state index in [0.717, 1.165) is 23.1 Å². The first-order chi connectivity index (χ1) is 13.7. The Bertz CT molecular complexity index is 1130. The topological polar surface area (TPSA) is 66.5 Å². The van der Waals surface area contributed by atoms with E-state index in [0.29, 0.717) is 16.3 Å². The fourth-order valence-corrected chi connectivity index (χ4v) is 3.95. The van der Waals surface area contributed by atoms with Crippen molar-refractivity contribution in [3.05, 3.63) is 94.5 Å². The smallest absolute Gasteiger partial charge is 0.255 e. The lowest BCUT2D eigenvalue weighted by atomic mass is 10.1. The quantitative estimate of drug-likeness (QED) is 0.609. The molecule has 0 atom stereocenters. The Kier molecular flexibility index (Phi) is 6.25. The van der Waals surface area contributed by atoms with Gasteiger partial charge in [-0.25, -0.2) is 8.42 Å². The number of carbonyl (C=O) groups excluding carboxylic acids is 1. The molecule has 0 saturated carbocycles. The first kappa shape index (κ1) is 20.9. The molecule has 0 spiro atoms. The van der Waals surface area contributed by atoms with Gasteiger partial charge in [-0.1, -0.05) is 41.9 Å². The molecule has 7 heteroatoms. The second-order valence-corrected chi connectivity index (χ2v) is 9.11. The molecule has 3 aromatic carbocycles. The first-order valence-corrected chi connectivity index (χ1v) is 11.2. The van der Waals surface area contributed by atoms with Crippen molar-refractivity contribution in [2.75, 3.05) is 15.9 Å². The lowest BCUT2D eigenvalue weighted by Crippen LogP contribution is -2.29. The van der Waals surface area contributed by atoms with Crippen LogP contribution >= 0.6 is 11.6 Å². The van der Waals surface area contributed by atoms with Crippen LogP contribution in [0.3, 0.4) is 0 Å². The monoisotopic (exact) mass is 428 g/mol. The Hall–Kier alpha value is -2.83. The summed E-state index contributed by atoms with van der Waals surface area (Å²) >= 11 is 6.01. The number of hydrogen-bond acceptors (Lipinski definition) is 3. The summed E-state index contributed by atoms with van der Waals surface area (Å²) in [4.78, 5) is 12.4. The van der Waals surface area contributed by atoms with Crippen molar-refractivity contribution in [3.8, 4) is 0 Å². The summed E-state index contributed by atoms with van der Waals surface area (Å²) in [5.74, 6) is -0.225. The van der Waals surface area contributed by atoms with Crippen LogP contribution in [0.2, 0.25) is 5.02 Å². The summed E-state index contributed by atoms with van der Waals surface area (Å²) in [6, 6.07) is 21.1. The normalized spacial score (nSPS) is 11.1. The minimum absolute atomic E-state index is 0.138. The zero-order valence-electron chi connectivity index (χ0n) is 16.1. The minimum Gasteiger partial charge on any atom is -0.322 e. The predicted molar refractivity (Wildman–Crippen MR) is 118 cm³/mol. The Morgan fingerprint density at radius 3 is 2.31 bits per heavy atom. The van der Waals surface area contributed by atoms with Crippen LogP contribution in [0.15, 0.2) is 72.8 Å². The number of anilines is 2. The van der Waals surface area contributed by atoms with Crippen LogP contribution in [-0.4, -0.2) is 20.6 Å². The van der Waals surface area contributed by atoms with Gasteiger partial charge in [-0.2, -0.15) is 0 Å². The van der Waals surface area contributed by atoms with Crippen molar-refractivity contribution in [3.63, 3.8) is 0 Å². The molecule has 0 bridgehead atoms. The third-order valence-electron chi connectivity index (χ3n) is 4.31. The molecule has 150 valence electrons. The Balaban J connectivity index is 1.77. The van der Waals surface area contributed by atoms with Crippen LogP contribution in [0, 0.1) is 6.92 Å². The van der Waals surface area contributed by atoms with E-state index in [2.05, 4.69) is 5.32 Å². The largest absolute Gasteiger partial charge is 0.322 e. The second-order valence-electron chi connectivity index (χ2n) is 6.77. The molecular formula is C22H21ClN2O3S. The van der Waals surface area contributed by atoms with E-state index in [-0.39, 0.29) is 12.5 Å². The molecule has 0 aromatic heterocycles. The fraction of sp³-hybridized carbons (Fsp3) is 0.136. The number of rotatable bonds is 6. The van der Waals surface area contributed by atoms with Crippen molar-refractivity contribution in [2.45, 2.75) is 13.5 Å². The molecule has 0 unspecified atom stereocenters. The second kappa shape index (κ2) is 8.68. The van der Waals surface area contributed by atoms with Crippen LogP contribution in [0.5, 0.6) is 0 Å². The Morgan fingerprint density at radius 1 is 1.00 bits per heavy atom. The van der Waals surface area contributed by atoms with E-state index in [4.69, 9.17) is 11.6 Å². The molecule has 3 rings (SSSR count). The van der Waals surface area contributed by atoms with E-state index in [1.165, 1.54) is 4.31 Å². The van der Waals surface area contributed by atoms with Crippen molar-refractivity contribution < 1.29 is 13.2 Å². The zero-order chi connectivity index (χ0) is 21.0. The molecule has 0 heterocycles. The SMILES string of the molecule is Cc1cccc(NC(=O)c2ccc(CN(c3cccc(Cl)c3)S(C)(=O)=O)cc2)c1. The number of benzene rings is 3. The summed E-state index contributed by atoms with van der Waals surface area (Å²) in [5, 5.41) is 3.31. The lowest BCUT2D eigenvalue weighted by molar-refractivity contribution is 0.102. The minimum atomic E-state index is -3.51. The van der Waals surface area contributed by atoms with Gasteiger partial charge in [0.15, 0.2) is 0 Å². The van der Waals surface area contributed by atoms with Gasteiger partial charge < -0.3 is 5.32 Å². The molecule has 5 nitrogen and oxygen atoms in total. The van der Waals surface area contributed by atoms with Crippen LogP contribution in [0.1, 0.15) is 21.5 Å². The number of nitrogens with one attached hydrogen (secondary N) is 1. The molecule has 0 fully saturated rings. The molecule has 0 aliphatic rings. The molecular weight excluding hydrogens is 408 g/mol. The molecule has 0 aliphatic carbocycles. The molecule has 29 heavy (non-hydrogen) atoms. The van der Waals surface area contributed by atoms with Crippen molar-refractivity contribution >= 4 is 38.9 Å². The highest BCUT2D eigenvalue weighted by atomic mass is 35.5. The van der Waals surface area contributed by atoms with Gasteiger partial charge in [0.1, 0.15) is 0 Å². The third kappa shape index (κ3) is 5.59. The molecule has 0 aliphatic heterocycles. The maximum Gasteiger partial charge on any atom is 0.255 e. The highest BCUT2D eigenvalue weighted by Gasteiger charge is 2.18. The average Bonchev–Trinajstić information content (AvgIpc) is 2.65. The zero-order valence-corrected chi connectivity index (χ0v) is 17.7. The van der Waals surface area contributed by atoms with Gasteiger partial charge in [-0.3, -0.25) is 9.10 Å². The summed E-state index contributed by atoms with van der Waals surface area (Å²) < 4.78 is 25.8. The van der Waals surface area contributed by atoms with Gasteiger partial charge in [0.2, 0.25) is 10.0 Å².